The van der Waals surface area contributed by atoms with Crippen molar-refractivity contribution in [3.8, 4) is 0 Å². The molecule has 39 heavy (non-hydrogen) atoms. The number of aliphatic carboxylic acids is 2. The van der Waals surface area contributed by atoms with Gasteiger partial charge in [-0.2, -0.15) is 0 Å². The van der Waals surface area contributed by atoms with E-state index in [1.807, 2.05) is 6.07 Å². The first-order valence-corrected chi connectivity index (χ1v) is 12.9. The molecule has 4 unspecified atom stereocenters. The van der Waals surface area contributed by atoms with Crippen LogP contribution in [0.4, 0.5) is 0 Å². The van der Waals surface area contributed by atoms with Gasteiger partial charge in [0.05, 0.1) is 6.04 Å². The Kier molecular flexibility index (Phi) is 11.0. The van der Waals surface area contributed by atoms with E-state index >= 15 is 0 Å². The zero-order chi connectivity index (χ0) is 28.2. The van der Waals surface area contributed by atoms with Crippen LogP contribution in [-0.4, -0.2) is 70.6 Å². The Hall–Kier alpha value is -4.25. The molecule has 3 rings (SSSR count). The van der Waals surface area contributed by atoms with E-state index in [0.717, 1.165) is 12.0 Å². The summed E-state index contributed by atoms with van der Waals surface area (Å²) in [7, 11) is 0. The molecule has 6 N–H and O–H groups in total. The van der Waals surface area contributed by atoms with E-state index in [2.05, 4.69) is 21.3 Å². The van der Waals surface area contributed by atoms with Crippen LogP contribution in [0.1, 0.15) is 36.8 Å². The third kappa shape index (κ3) is 9.53. The lowest BCUT2D eigenvalue weighted by Crippen LogP contribution is -2.57. The highest BCUT2D eigenvalue weighted by atomic mass is 16.4. The van der Waals surface area contributed by atoms with Gasteiger partial charge in [0.2, 0.25) is 17.7 Å². The largest absolute Gasteiger partial charge is 0.481 e. The molecule has 2 aromatic carbocycles. The molecule has 0 aromatic heterocycles. The zero-order valence-electron chi connectivity index (χ0n) is 21.5. The molecule has 1 aliphatic rings. The van der Waals surface area contributed by atoms with Gasteiger partial charge in [-0.15, -0.1) is 0 Å². The second-order valence-electron chi connectivity index (χ2n) is 9.48. The van der Waals surface area contributed by atoms with Crippen LogP contribution in [0.5, 0.6) is 0 Å². The Balaban J connectivity index is 1.75. The molecule has 1 saturated heterocycles. The summed E-state index contributed by atoms with van der Waals surface area (Å²) in [5.41, 5.74) is 1.46. The summed E-state index contributed by atoms with van der Waals surface area (Å²) in [5, 5.41) is 29.7. The monoisotopic (exact) mass is 538 g/mol. The highest BCUT2D eigenvalue weighted by molar-refractivity contribution is 5.94. The number of carbonyl (C=O) groups excluding carboxylic acids is 3. The summed E-state index contributed by atoms with van der Waals surface area (Å²) < 4.78 is 0. The predicted octanol–water partition coefficient (Wildman–Crippen LogP) is 0.628. The molecule has 0 bridgehead atoms. The molecule has 0 saturated carbocycles. The first kappa shape index (κ1) is 29.3. The Morgan fingerprint density at radius 1 is 0.769 bits per heavy atom. The SMILES string of the molecule is O=C(O)CCC(NC(=O)C(Cc1ccccc1)NC(=O)C1CCCN1)C(=O)NC(Cc1ccccc1)C(=O)O. The number of amides is 3. The van der Waals surface area contributed by atoms with E-state index in [9.17, 15) is 34.2 Å². The second kappa shape index (κ2) is 14.6. The standard InChI is InChI=1S/C28H34N4O7/c33-24(34)14-13-21(26(36)32-23(28(38)39)17-19-10-5-2-6-11-19)30-27(37)22(16-18-8-3-1-4-9-18)31-25(35)20-12-7-15-29-20/h1-6,8-11,20-23,29H,7,12-17H2,(H,30,37)(H,31,35)(H,32,36)(H,33,34)(H,38,39). The van der Waals surface area contributed by atoms with Gasteiger partial charge < -0.3 is 31.5 Å². The van der Waals surface area contributed by atoms with Gasteiger partial charge in [0.15, 0.2) is 0 Å². The van der Waals surface area contributed by atoms with Crippen molar-refractivity contribution in [3.63, 3.8) is 0 Å². The number of carboxylic acids is 2. The fourth-order valence-corrected chi connectivity index (χ4v) is 4.37. The maximum absolute atomic E-state index is 13.4. The van der Waals surface area contributed by atoms with Crippen LogP contribution in [0, 0.1) is 0 Å². The van der Waals surface area contributed by atoms with Crippen LogP contribution >= 0.6 is 0 Å². The quantitative estimate of drug-likeness (QED) is 0.203. The van der Waals surface area contributed by atoms with Gasteiger partial charge in [0.1, 0.15) is 18.1 Å². The van der Waals surface area contributed by atoms with Crippen LogP contribution < -0.4 is 21.3 Å². The van der Waals surface area contributed by atoms with Gasteiger partial charge in [-0.05, 0) is 36.9 Å². The number of carbonyl (C=O) groups is 5. The maximum atomic E-state index is 13.4. The Morgan fingerprint density at radius 3 is 1.82 bits per heavy atom. The van der Waals surface area contributed by atoms with Crippen molar-refractivity contribution in [3.05, 3.63) is 71.8 Å². The van der Waals surface area contributed by atoms with Crippen molar-refractivity contribution < 1.29 is 34.2 Å². The lowest BCUT2D eigenvalue weighted by Gasteiger charge is -2.25. The van der Waals surface area contributed by atoms with Crippen molar-refractivity contribution in [2.75, 3.05) is 6.54 Å². The van der Waals surface area contributed by atoms with E-state index in [0.29, 0.717) is 18.5 Å². The average molecular weight is 539 g/mol. The van der Waals surface area contributed by atoms with Gasteiger partial charge in [-0.1, -0.05) is 60.7 Å². The first-order valence-electron chi connectivity index (χ1n) is 12.9. The molecular weight excluding hydrogens is 504 g/mol. The van der Waals surface area contributed by atoms with E-state index in [1.165, 1.54) is 0 Å². The summed E-state index contributed by atoms with van der Waals surface area (Å²) in [6, 6.07) is 13.6. The molecule has 1 fully saturated rings. The molecule has 208 valence electrons. The van der Waals surface area contributed by atoms with E-state index in [-0.39, 0.29) is 25.2 Å². The second-order valence-corrected chi connectivity index (χ2v) is 9.48. The molecule has 11 heteroatoms. The summed E-state index contributed by atoms with van der Waals surface area (Å²) >= 11 is 0. The molecule has 1 aliphatic heterocycles. The van der Waals surface area contributed by atoms with E-state index in [4.69, 9.17) is 0 Å². The fourth-order valence-electron chi connectivity index (χ4n) is 4.37. The fraction of sp³-hybridized carbons (Fsp3) is 0.393. The third-order valence-electron chi connectivity index (χ3n) is 6.47. The molecule has 0 radical (unpaired) electrons. The van der Waals surface area contributed by atoms with Crippen molar-refractivity contribution >= 4 is 29.7 Å². The van der Waals surface area contributed by atoms with E-state index in [1.54, 1.807) is 54.6 Å². The van der Waals surface area contributed by atoms with Gasteiger partial charge in [-0.3, -0.25) is 19.2 Å². The number of benzene rings is 2. The topological polar surface area (TPSA) is 174 Å². The van der Waals surface area contributed by atoms with Gasteiger partial charge >= 0.3 is 11.9 Å². The van der Waals surface area contributed by atoms with Crippen LogP contribution in [0.15, 0.2) is 60.7 Å². The molecule has 0 spiro atoms. The minimum absolute atomic E-state index is 0.00257. The molecule has 11 nitrogen and oxygen atoms in total. The minimum Gasteiger partial charge on any atom is -0.481 e. The van der Waals surface area contributed by atoms with E-state index < -0.39 is 54.3 Å². The van der Waals surface area contributed by atoms with Gasteiger partial charge in [0.25, 0.3) is 0 Å². The number of hydrogen-bond acceptors (Lipinski definition) is 6. The van der Waals surface area contributed by atoms with Crippen molar-refractivity contribution in [2.45, 2.75) is 62.7 Å². The Bertz CT molecular complexity index is 1140. The molecule has 1 heterocycles. The Morgan fingerprint density at radius 2 is 1.31 bits per heavy atom. The van der Waals surface area contributed by atoms with Crippen LogP contribution in [0.2, 0.25) is 0 Å². The van der Waals surface area contributed by atoms with Crippen molar-refractivity contribution in [1.29, 1.82) is 0 Å². The molecule has 3 amide bonds. The highest BCUT2D eigenvalue weighted by Crippen LogP contribution is 2.10. The summed E-state index contributed by atoms with van der Waals surface area (Å²) in [4.78, 5) is 62.4. The number of hydrogen-bond donors (Lipinski definition) is 6. The highest BCUT2D eigenvalue weighted by Gasteiger charge is 2.32. The van der Waals surface area contributed by atoms with Crippen LogP contribution in [-0.2, 0) is 36.8 Å². The number of carboxylic acid groups (broad SMARTS) is 2. The first-order chi connectivity index (χ1) is 18.7. The summed E-state index contributed by atoms with van der Waals surface area (Å²) in [6.45, 7) is 0.693. The van der Waals surface area contributed by atoms with Crippen LogP contribution in [0.3, 0.4) is 0 Å². The summed E-state index contributed by atoms with van der Waals surface area (Å²) in [6.07, 6.45) is 0.913. The molecular formula is C28H34N4O7. The average Bonchev–Trinajstić information content (AvgIpc) is 3.46. The number of rotatable bonds is 14. The van der Waals surface area contributed by atoms with Gasteiger partial charge in [0, 0.05) is 19.3 Å². The molecule has 0 aliphatic carbocycles. The zero-order valence-corrected chi connectivity index (χ0v) is 21.5. The lowest BCUT2D eigenvalue weighted by atomic mass is 10.0. The normalized spacial score (nSPS) is 16.9. The van der Waals surface area contributed by atoms with Gasteiger partial charge in [-0.25, -0.2) is 4.79 Å². The van der Waals surface area contributed by atoms with Crippen LogP contribution in [0.25, 0.3) is 0 Å². The van der Waals surface area contributed by atoms with Crippen molar-refractivity contribution in [2.24, 2.45) is 0 Å². The molecule has 4 atom stereocenters. The summed E-state index contributed by atoms with van der Waals surface area (Å²) in [5.74, 6) is -4.29. The maximum Gasteiger partial charge on any atom is 0.326 e. The molecule has 2 aromatic rings. The Labute approximate surface area is 226 Å². The number of nitrogens with one attached hydrogen (secondary N) is 4. The van der Waals surface area contributed by atoms with Crippen molar-refractivity contribution in [1.82, 2.24) is 21.3 Å². The smallest absolute Gasteiger partial charge is 0.326 e. The third-order valence-corrected chi connectivity index (χ3v) is 6.47. The minimum atomic E-state index is -1.33. The predicted molar refractivity (Wildman–Crippen MR) is 142 cm³/mol. The lowest BCUT2D eigenvalue weighted by molar-refractivity contribution is -0.143.